The van der Waals surface area contributed by atoms with Gasteiger partial charge in [0, 0.05) is 63.4 Å². The second-order valence-electron chi connectivity index (χ2n) is 16.2. The quantitative estimate of drug-likeness (QED) is 0.377. The van der Waals surface area contributed by atoms with Crippen molar-refractivity contribution < 1.29 is 28.8 Å². The molecule has 6 amide bonds. The van der Waals surface area contributed by atoms with E-state index in [1.807, 2.05) is 27.7 Å². The van der Waals surface area contributed by atoms with Crippen LogP contribution in [0.1, 0.15) is 105 Å². The van der Waals surface area contributed by atoms with Crippen molar-refractivity contribution >= 4 is 35.4 Å². The highest BCUT2D eigenvalue weighted by molar-refractivity contribution is 5.91. The molecule has 278 valence electrons. The summed E-state index contributed by atoms with van der Waals surface area (Å²) >= 11 is 0. The largest absolute Gasteiger partial charge is 0.344 e. The Labute approximate surface area is 298 Å². The third-order valence-electron chi connectivity index (χ3n) is 11.6. The molecule has 4 fully saturated rings. The maximum Gasteiger partial charge on any atom is 0.246 e. The number of terminal acetylenes is 1. The summed E-state index contributed by atoms with van der Waals surface area (Å²) in [4.78, 5) is 87.2. The van der Waals surface area contributed by atoms with Gasteiger partial charge in [0.1, 0.15) is 18.1 Å². The van der Waals surface area contributed by atoms with Crippen molar-refractivity contribution in [3.63, 3.8) is 0 Å². The second kappa shape index (κ2) is 17.1. The van der Waals surface area contributed by atoms with Crippen molar-refractivity contribution in [1.82, 2.24) is 30.7 Å². The molecule has 3 saturated carbocycles. The van der Waals surface area contributed by atoms with Gasteiger partial charge in [-0.2, -0.15) is 0 Å². The zero-order valence-corrected chi connectivity index (χ0v) is 31.2. The smallest absolute Gasteiger partial charge is 0.246 e. The van der Waals surface area contributed by atoms with Gasteiger partial charge in [0.25, 0.3) is 0 Å². The zero-order valence-electron chi connectivity index (χ0n) is 31.2. The third-order valence-corrected chi connectivity index (χ3v) is 11.6. The molecule has 1 heterocycles. The first-order valence-corrected chi connectivity index (χ1v) is 18.8. The highest BCUT2D eigenvalue weighted by Gasteiger charge is 2.42. The van der Waals surface area contributed by atoms with E-state index in [1.54, 1.807) is 35.8 Å². The van der Waals surface area contributed by atoms with Crippen molar-refractivity contribution in [2.45, 2.75) is 141 Å². The van der Waals surface area contributed by atoms with Crippen molar-refractivity contribution in [3.05, 3.63) is 0 Å². The summed E-state index contributed by atoms with van der Waals surface area (Å²) in [6.45, 7) is 8.04. The highest BCUT2D eigenvalue weighted by atomic mass is 16.2. The van der Waals surface area contributed by atoms with Crippen LogP contribution in [0.2, 0.25) is 0 Å². The van der Waals surface area contributed by atoms with Crippen LogP contribution in [0, 0.1) is 41.9 Å². The van der Waals surface area contributed by atoms with Gasteiger partial charge < -0.3 is 30.7 Å². The number of nitrogens with zero attached hydrogens (tertiary/aromatic N) is 3. The van der Waals surface area contributed by atoms with E-state index in [4.69, 9.17) is 6.42 Å². The fraction of sp³-hybridized carbons (Fsp3) is 0.789. The Morgan fingerprint density at radius 3 is 1.16 bits per heavy atom. The number of carbonyl (C=O) groups is 6. The molecule has 0 aromatic heterocycles. The minimum atomic E-state index is -0.904. The van der Waals surface area contributed by atoms with Crippen molar-refractivity contribution in [2.75, 3.05) is 21.1 Å². The highest BCUT2D eigenvalue weighted by Crippen LogP contribution is 2.33. The molecule has 9 atom stereocenters. The molecule has 12 nitrogen and oxygen atoms in total. The number of rotatable bonds is 5. The summed E-state index contributed by atoms with van der Waals surface area (Å²) < 4.78 is 0. The van der Waals surface area contributed by atoms with Gasteiger partial charge in [-0.05, 0) is 82.5 Å². The molecule has 6 bridgehead atoms. The van der Waals surface area contributed by atoms with Gasteiger partial charge in [0.15, 0.2) is 0 Å². The molecule has 1 saturated heterocycles. The molecular formula is C38H60N6O6. The van der Waals surface area contributed by atoms with Crippen LogP contribution in [0.5, 0.6) is 0 Å². The van der Waals surface area contributed by atoms with Crippen molar-refractivity contribution in [2.24, 2.45) is 29.6 Å². The minimum absolute atomic E-state index is 0.0329. The second-order valence-corrected chi connectivity index (χ2v) is 16.2. The van der Waals surface area contributed by atoms with Gasteiger partial charge in [-0.25, -0.2) is 0 Å². The zero-order chi connectivity index (χ0) is 36.9. The van der Waals surface area contributed by atoms with Gasteiger partial charge in [-0.15, -0.1) is 12.3 Å². The predicted molar refractivity (Wildman–Crippen MR) is 190 cm³/mol. The monoisotopic (exact) mass is 696 g/mol. The molecule has 50 heavy (non-hydrogen) atoms. The first kappa shape index (κ1) is 39.2. The normalized spacial score (nSPS) is 33.8. The van der Waals surface area contributed by atoms with Gasteiger partial charge in [0.2, 0.25) is 35.4 Å². The predicted octanol–water partition coefficient (Wildman–Crippen LogP) is 2.45. The number of fused-ring (bicyclic) bond motifs is 6. The summed E-state index contributed by atoms with van der Waals surface area (Å²) in [5, 5.41) is 9.00. The molecule has 4 rings (SSSR count). The lowest BCUT2D eigenvalue weighted by Crippen LogP contribution is -2.53. The van der Waals surface area contributed by atoms with Crippen LogP contribution in [-0.2, 0) is 28.8 Å². The van der Waals surface area contributed by atoms with Crippen LogP contribution in [0.4, 0.5) is 0 Å². The number of hydrogen-bond donors (Lipinski definition) is 3. The average molecular weight is 697 g/mol. The molecule has 0 aromatic carbocycles. The van der Waals surface area contributed by atoms with E-state index in [0.717, 1.165) is 0 Å². The fourth-order valence-electron chi connectivity index (χ4n) is 8.49. The first-order chi connectivity index (χ1) is 23.6. The molecule has 3 aliphatic carbocycles. The van der Waals surface area contributed by atoms with Crippen LogP contribution in [0.3, 0.4) is 0 Å². The molecule has 1 aliphatic heterocycles. The van der Waals surface area contributed by atoms with Gasteiger partial charge in [-0.1, -0.05) is 27.7 Å². The summed E-state index contributed by atoms with van der Waals surface area (Å²) in [5.74, 6) is 0.456. The minimum Gasteiger partial charge on any atom is -0.344 e. The summed E-state index contributed by atoms with van der Waals surface area (Å²) in [6, 6.07) is -2.88. The van der Waals surface area contributed by atoms with E-state index in [-0.39, 0.29) is 89.6 Å². The van der Waals surface area contributed by atoms with Crippen LogP contribution in [-0.4, -0.2) is 108 Å². The van der Waals surface area contributed by atoms with E-state index in [9.17, 15) is 28.8 Å². The van der Waals surface area contributed by atoms with Gasteiger partial charge in [-0.3, -0.25) is 28.8 Å². The van der Waals surface area contributed by atoms with E-state index >= 15 is 0 Å². The fourth-order valence-corrected chi connectivity index (χ4v) is 8.49. The van der Waals surface area contributed by atoms with Crippen molar-refractivity contribution in [3.8, 4) is 12.3 Å². The van der Waals surface area contributed by atoms with E-state index in [1.165, 1.54) is 0 Å². The first-order valence-electron chi connectivity index (χ1n) is 18.8. The average Bonchev–Trinajstić information content (AvgIpc) is 3.86. The lowest BCUT2D eigenvalue weighted by molar-refractivity contribution is -0.139. The SMILES string of the molecule is C#CC[C@@H]1NC(=O)[C@H]2CC[C@H](C2)N(C)C(=O)[C@H](CC(C)C)NC(=O)[C@H]2CC[C@H](C2)N(C)C(=O)[C@H](CC(C)C)NC(=O)[C@H]2CC[C@H](C2)N(C)C1=O. The molecule has 12 heteroatoms. The lowest BCUT2D eigenvalue weighted by Gasteiger charge is -2.32. The molecule has 4 aliphatic rings. The number of carbonyl (C=O) groups excluding carboxylic acids is 6. The van der Waals surface area contributed by atoms with Crippen molar-refractivity contribution in [1.29, 1.82) is 0 Å². The summed E-state index contributed by atoms with van der Waals surface area (Å²) in [7, 11) is 5.19. The molecule has 0 radical (unpaired) electrons. The van der Waals surface area contributed by atoms with E-state index in [2.05, 4.69) is 21.9 Å². The molecule has 0 aromatic rings. The molecule has 3 N–H and O–H groups in total. The Balaban J connectivity index is 1.61. The Hall–Kier alpha value is -3.62. The van der Waals surface area contributed by atoms with Gasteiger partial charge in [0.05, 0.1) is 0 Å². The van der Waals surface area contributed by atoms with Crippen LogP contribution < -0.4 is 16.0 Å². The maximum atomic E-state index is 13.9. The van der Waals surface area contributed by atoms with E-state index < -0.39 is 18.1 Å². The number of hydrogen-bond acceptors (Lipinski definition) is 6. The summed E-state index contributed by atoms with van der Waals surface area (Å²) in [5.41, 5.74) is 0. The van der Waals surface area contributed by atoms with Gasteiger partial charge >= 0.3 is 0 Å². The number of amides is 6. The van der Waals surface area contributed by atoms with Crippen LogP contribution in [0.25, 0.3) is 0 Å². The number of likely N-dealkylation sites (N-methyl/N-ethyl adjacent to an activating group) is 3. The lowest BCUT2D eigenvalue weighted by atomic mass is 9.99. The summed E-state index contributed by atoms with van der Waals surface area (Å²) in [6.07, 6.45) is 11.6. The maximum absolute atomic E-state index is 13.9. The molecule has 0 spiro atoms. The third kappa shape index (κ3) is 9.38. The standard InChI is InChI=1S/C38H60N6O6/c1-9-10-30-36(48)42(6)27-14-12-25(20-27)34(46)40-32(18-23(4)5)38(50)44(8)29-16-13-26(21-29)35(47)41-31(17-22(2)3)37(49)43(7)28-15-11-24(19-28)33(45)39-30/h1,22-32H,10-21H2,2-8H3,(H,39,45)(H,40,46)(H,41,47)/t24-,25-,26-,27+,28+,29+,30-,31-,32-/m0/s1. The Morgan fingerprint density at radius 2 is 0.860 bits per heavy atom. The topological polar surface area (TPSA) is 148 Å². The Morgan fingerprint density at radius 1 is 0.560 bits per heavy atom. The Bertz CT molecular complexity index is 1320. The van der Waals surface area contributed by atoms with Crippen LogP contribution in [0.15, 0.2) is 0 Å². The molecular weight excluding hydrogens is 636 g/mol. The molecule has 0 unspecified atom stereocenters. The van der Waals surface area contributed by atoms with E-state index in [0.29, 0.717) is 70.6 Å². The van der Waals surface area contributed by atoms with Crippen LogP contribution >= 0.6 is 0 Å². The Kier molecular flexibility index (Phi) is 13.4. The number of nitrogens with one attached hydrogen (secondary N) is 3.